The number of nitrogens with zero attached hydrogens (tertiary/aromatic N) is 1. The fraction of sp³-hybridized carbons (Fsp3) is 0.118. The standard InChI is InChI=1S/C17H16N2O3/c1-19(15(12-20)13-8-4-2-5-9-13)17(22)18-16(21)14-10-6-3-7-11-14/h2-12,15H,1H3,(H,18,21,22). The SMILES string of the molecule is CN(C(=O)NC(=O)c1ccccc1)C(C=O)c1ccccc1. The highest BCUT2D eigenvalue weighted by Crippen LogP contribution is 2.16. The van der Waals surface area contributed by atoms with E-state index in [9.17, 15) is 14.4 Å². The zero-order valence-electron chi connectivity index (χ0n) is 12.1. The minimum absolute atomic E-state index is 0.381. The lowest BCUT2D eigenvalue weighted by Gasteiger charge is -2.24. The van der Waals surface area contributed by atoms with Gasteiger partial charge in [-0.05, 0) is 17.7 Å². The summed E-state index contributed by atoms with van der Waals surface area (Å²) in [7, 11) is 1.47. The summed E-state index contributed by atoms with van der Waals surface area (Å²) in [5.41, 5.74) is 1.06. The maximum Gasteiger partial charge on any atom is 0.324 e. The molecule has 0 aliphatic rings. The second-order valence-electron chi connectivity index (χ2n) is 4.73. The minimum atomic E-state index is -0.746. The number of hydrogen-bond donors (Lipinski definition) is 1. The molecular formula is C17H16N2O3. The van der Waals surface area contributed by atoms with Crippen LogP contribution in [0.4, 0.5) is 4.79 Å². The molecule has 0 bridgehead atoms. The number of urea groups is 1. The quantitative estimate of drug-likeness (QED) is 0.881. The molecule has 112 valence electrons. The van der Waals surface area contributed by atoms with Gasteiger partial charge in [-0.1, -0.05) is 48.5 Å². The molecule has 2 aromatic carbocycles. The summed E-state index contributed by atoms with van der Waals surface area (Å²) in [6, 6.07) is 15.9. The van der Waals surface area contributed by atoms with Gasteiger partial charge in [0.05, 0.1) is 0 Å². The summed E-state index contributed by atoms with van der Waals surface area (Å²) in [6.45, 7) is 0. The van der Waals surface area contributed by atoms with Crippen molar-refractivity contribution in [1.29, 1.82) is 0 Å². The Bertz CT molecular complexity index is 656. The lowest BCUT2D eigenvalue weighted by molar-refractivity contribution is -0.111. The monoisotopic (exact) mass is 296 g/mol. The lowest BCUT2D eigenvalue weighted by atomic mass is 10.1. The third-order valence-electron chi connectivity index (χ3n) is 3.26. The van der Waals surface area contributed by atoms with Crippen LogP contribution in [0.1, 0.15) is 22.0 Å². The molecule has 5 nitrogen and oxygen atoms in total. The molecule has 1 atom stereocenters. The van der Waals surface area contributed by atoms with Crippen LogP contribution < -0.4 is 5.32 Å². The van der Waals surface area contributed by atoms with Gasteiger partial charge in [0.15, 0.2) is 0 Å². The van der Waals surface area contributed by atoms with E-state index in [4.69, 9.17) is 0 Å². The molecule has 0 fully saturated rings. The number of nitrogens with one attached hydrogen (secondary N) is 1. The third kappa shape index (κ3) is 3.58. The maximum atomic E-state index is 12.1. The number of aldehydes is 1. The Hall–Kier alpha value is -2.95. The fourth-order valence-corrected chi connectivity index (χ4v) is 2.02. The van der Waals surface area contributed by atoms with Crippen LogP contribution >= 0.6 is 0 Å². The molecule has 1 unspecified atom stereocenters. The predicted octanol–water partition coefficient (Wildman–Crippen LogP) is 2.41. The Labute approximate surface area is 128 Å². The number of imide groups is 1. The number of hydrogen-bond acceptors (Lipinski definition) is 3. The topological polar surface area (TPSA) is 66.5 Å². The van der Waals surface area contributed by atoms with Gasteiger partial charge in [-0.25, -0.2) is 4.79 Å². The first-order valence-electron chi connectivity index (χ1n) is 6.77. The summed E-state index contributed by atoms with van der Waals surface area (Å²) in [5.74, 6) is -0.504. The van der Waals surface area contributed by atoms with Crippen molar-refractivity contribution in [3.63, 3.8) is 0 Å². The smallest absolute Gasteiger partial charge is 0.314 e. The number of carbonyl (C=O) groups excluding carboxylic acids is 3. The van der Waals surface area contributed by atoms with Crippen LogP contribution in [-0.2, 0) is 4.79 Å². The van der Waals surface area contributed by atoms with Gasteiger partial charge < -0.3 is 9.69 Å². The van der Waals surface area contributed by atoms with Gasteiger partial charge in [-0.2, -0.15) is 0 Å². The predicted molar refractivity (Wildman–Crippen MR) is 82.3 cm³/mol. The van der Waals surface area contributed by atoms with Crippen LogP contribution in [0.2, 0.25) is 0 Å². The van der Waals surface area contributed by atoms with Crippen molar-refractivity contribution in [1.82, 2.24) is 10.2 Å². The second-order valence-corrected chi connectivity index (χ2v) is 4.73. The molecule has 1 N–H and O–H groups in total. The zero-order chi connectivity index (χ0) is 15.9. The number of rotatable bonds is 4. The molecule has 0 heterocycles. The van der Waals surface area contributed by atoms with Gasteiger partial charge in [0.25, 0.3) is 5.91 Å². The van der Waals surface area contributed by atoms with Crippen molar-refractivity contribution < 1.29 is 14.4 Å². The Morgan fingerprint density at radius 2 is 1.55 bits per heavy atom. The molecule has 0 spiro atoms. The van der Waals surface area contributed by atoms with E-state index in [1.165, 1.54) is 11.9 Å². The van der Waals surface area contributed by atoms with E-state index in [1.807, 2.05) is 6.07 Å². The van der Waals surface area contributed by atoms with E-state index in [1.54, 1.807) is 54.6 Å². The Morgan fingerprint density at radius 1 is 1.00 bits per heavy atom. The Morgan fingerprint density at radius 3 is 2.09 bits per heavy atom. The molecule has 2 rings (SSSR count). The minimum Gasteiger partial charge on any atom is -0.314 e. The summed E-state index contributed by atoms with van der Waals surface area (Å²) < 4.78 is 0. The summed E-state index contributed by atoms with van der Waals surface area (Å²) in [4.78, 5) is 36.6. The molecule has 0 saturated heterocycles. The van der Waals surface area contributed by atoms with Crippen LogP contribution in [0.5, 0.6) is 0 Å². The zero-order valence-corrected chi connectivity index (χ0v) is 12.1. The van der Waals surface area contributed by atoms with Crippen molar-refractivity contribution >= 4 is 18.2 Å². The van der Waals surface area contributed by atoms with Gasteiger partial charge in [0.2, 0.25) is 0 Å². The van der Waals surface area contributed by atoms with Crippen LogP contribution in [0, 0.1) is 0 Å². The first kappa shape index (κ1) is 15.4. The fourth-order valence-electron chi connectivity index (χ4n) is 2.02. The normalized spacial score (nSPS) is 11.3. The van der Waals surface area contributed by atoms with Crippen molar-refractivity contribution in [3.8, 4) is 0 Å². The van der Waals surface area contributed by atoms with Crippen molar-refractivity contribution in [2.45, 2.75) is 6.04 Å². The highest BCUT2D eigenvalue weighted by Gasteiger charge is 2.22. The van der Waals surface area contributed by atoms with E-state index in [0.29, 0.717) is 17.4 Å². The Kier molecular flexibility index (Phi) is 5.03. The van der Waals surface area contributed by atoms with Gasteiger partial charge in [0, 0.05) is 12.6 Å². The largest absolute Gasteiger partial charge is 0.324 e. The molecule has 0 radical (unpaired) electrons. The number of benzene rings is 2. The molecule has 3 amide bonds. The molecule has 5 heteroatoms. The van der Waals surface area contributed by atoms with E-state index >= 15 is 0 Å². The van der Waals surface area contributed by atoms with Gasteiger partial charge in [-0.3, -0.25) is 10.1 Å². The molecule has 2 aromatic rings. The van der Waals surface area contributed by atoms with E-state index < -0.39 is 18.0 Å². The molecular weight excluding hydrogens is 280 g/mol. The highest BCUT2D eigenvalue weighted by atomic mass is 16.2. The third-order valence-corrected chi connectivity index (χ3v) is 3.26. The second kappa shape index (κ2) is 7.17. The molecule has 0 aromatic heterocycles. The van der Waals surface area contributed by atoms with E-state index in [-0.39, 0.29) is 0 Å². The Balaban J connectivity index is 2.08. The number of amides is 3. The number of likely N-dealkylation sites (N-methyl/N-ethyl adjacent to an activating group) is 1. The number of carbonyl (C=O) groups is 3. The van der Waals surface area contributed by atoms with Crippen molar-refractivity contribution in [2.24, 2.45) is 0 Å². The van der Waals surface area contributed by atoms with E-state index in [2.05, 4.69) is 5.32 Å². The van der Waals surface area contributed by atoms with E-state index in [0.717, 1.165) is 0 Å². The van der Waals surface area contributed by atoms with Crippen LogP contribution in [0.15, 0.2) is 60.7 Å². The summed E-state index contributed by atoms with van der Waals surface area (Å²) in [6.07, 6.45) is 0.669. The van der Waals surface area contributed by atoms with Gasteiger partial charge in [-0.15, -0.1) is 0 Å². The van der Waals surface area contributed by atoms with Gasteiger partial charge in [0.1, 0.15) is 12.3 Å². The summed E-state index contributed by atoms with van der Waals surface area (Å²) >= 11 is 0. The van der Waals surface area contributed by atoms with Crippen LogP contribution in [-0.4, -0.2) is 30.2 Å². The molecule has 0 saturated carbocycles. The lowest BCUT2D eigenvalue weighted by Crippen LogP contribution is -2.43. The maximum absolute atomic E-state index is 12.1. The summed E-state index contributed by atoms with van der Waals surface area (Å²) in [5, 5.41) is 2.27. The molecule has 0 aliphatic heterocycles. The highest BCUT2D eigenvalue weighted by molar-refractivity contribution is 6.04. The van der Waals surface area contributed by atoms with Crippen LogP contribution in [0.25, 0.3) is 0 Å². The molecule has 22 heavy (non-hydrogen) atoms. The average molecular weight is 296 g/mol. The first-order valence-corrected chi connectivity index (χ1v) is 6.77. The van der Waals surface area contributed by atoms with Gasteiger partial charge >= 0.3 is 6.03 Å². The van der Waals surface area contributed by atoms with Crippen molar-refractivity contribution in [2.75, 3.05) is 7.05 Å². The van der Waals surface area contributed by atoms with Crippen LogP contribution in [0.3, 0.4) is 0 Å². The average Bonchev–Trinajstić information content (AvgIpc) is 2.57. The molecule has 0 aliphatic carbocycles. The van der Waals surface area contributed by atoms with Crippen molar-refractivity contribution in [3.05, 3.63) is 71.8 Å². The first-order chi connectivity index (χ1) is 10.6.